The van der Waals surface area contributed by atoms with Gasteiger partial charge in [-0.15, -0.1) is 0 Å². The second-order valence-corrected chi connectivity index (χ2v) is 7.34. The lowest BCUT2D eigenvalue weighted by Gasteiger charge is -2.21. The Morgan fingerprint density at radius 1 is 1.40 bits per heavy atom. The van der Waals surface area contributed by atoms with Crippen molar-refractivity contribution in [3.63, 3.8) is 0 Å². The van der Waals surface area contributed by atoms with Gasteiger partial charge in [0.15, 0.2) is 9.84 Å². The lowest BCUT2D eigenvalue weighted by Crippen LogP contribution is -2.43. The van der Waals surface area contributed by atoms with Crippen LogP contribution in [-0.4, -0.2) is 37.0 Å². The van der Waals surface area contributed by atoms with Gasteiger partial charge >= 0.3 is 0 Å². The molecule has 0 unspecified atom stereocenters. The fourth-order valence-electron chi connectivity index (χ4n) is 1.27. The molecule has 0 heterocycles. The average Bonchev–Trinajstić information content (AvgIpc) is 2.35. The van der Waals surface area contributed by atoms with Crippen LogP contribution in [0.1, 0.15) is 19.4 Å². The number of hydrogen-bond donors (Lipinski definition) is 2. The van der Waals surface area contributed by atoms with Crippen molar-refractivity contribution in [3.8, 4) is 11.8 Å². The van der Waals surface area contributed by atoms with Gasteiger partial charge in [-0.25, -0.2) is 8.42 Å². The van der Waals surface area contributed by atoms with E-state index < -0.39 is 20.5 Å². The summed E-state index contributed by atoms with van der Waals surface area (Å²) in [6.07, 6.45) is 1.02. The number of rotatable bonds is 3. The zero-order chi connectivity index (χ0) is 15.4. The van der Waals surface area contributed by atoms with E-state index in [-0.39, 0.29) is 6.61 Å². The third kappa shape index (κ3) is 3.83. The van der Waals surface area contributed by atoms with E-state index in [1.165, 1.54) is 13.8 Å². The Kier molecular flexibility index (Phi) is 4.93. The molecule has 0 saturated carbocycles. The first kappa shape index (κ1) is 16.2. The molecule has 0 saturated heterocycles. The van der Waals surface area contributed by atoms with Gasteiger partial charge in [0.05, 0.1) is 0 Å². The molecule has 2 N–H and O–H groups in total. The van der Waals surface area contributed by atoms with Crippen molar-refractivity contribution < 1.29 is 18.3 Å². The molecule has 1 aromatic rings. The molecule has 20 heavy (non-hydrogen) atoms. The van der Waals surface area contributed by atoms with Gasteiger partial charge in [0, 0.05) is 17.5 Å². The van der Waals surface area contributed by atoms with Gasteiger partial charge < -0.3 is 10.4 Å². The van der Waals surface area contributed by atoms with Crippen LogP contribution in [0.25, 0.3) is 0 Å². The first-order valence-corrected chi connectivity index (χ1v) is 7.78. The number of hydrogen-bond acceptors (Lipinski definition) is 4. The summed E-state index contributed by atoms with van der Waals surface area (Å²) < 4.78 is 21.6. The first-order valence-electron chi connectivity index (χ1n) is 5.89. The summed E-state index contributed by atoms with van der Waals surface area (Å²) in [5, 5.41) is 11.2. The maximum absolute atomic E-state index is 12.0. The molecule has 0 aliphatic heterocycles. The number of amides is 1. The highest BCUT2D eigenvalue weighted by Gasteiger charge is 2.38. The molecule has 0 aromatic heterocycles. The minimum Gasteiger partial charge on any atom is -0.384 e. The van der Waals surface area contributed by atoms with Crippen LogP contribution < -0.4 is 5.32 Å². The van der Waals surface area contributed by atoms with Gasteiger partial charge in [0.1, 0.15) is 11.4 Å². The largest absolute Gasteiger partial charge is 0.384 e. The van der Waals surface area contributed by atoms with Crippen molar-refractivity contribution in [2.45, 2.75) is 18.6 Å². The van der Waals surface area contributed by atoms with E-state index in [2.05, 4.69) is 17.2 Å². The number of sulfone groups is 1. The molecule has 0 fully saturated rings. The molecule has 1 aromatic carbocycles. The summed E-state index contributed by atoms with van der Waals surface area (Å²) in [7, 11) is -3.52. The highest BCUT2D eigenvalue weighted by molar-refractivity contribution is 7.92. The fraction of sp³-hybridized carbons (Fsp3) is 0.357. The number of anilines is 1. The van der Waals surface area contributed by atoms with Crippen LogP contribution in [0.5, 0.6) is 0 Å². The average molecular weight is 295 g/mol. The number of carbonyl (C=O) groups is 1. The summed E-state index contributed by atoms with van der Waals surface area (Å²) in [4.78, 5) is 12.0. The topological polar surface area (TPSA) is 83.5 Å². The molecule has 0 radical (unpaired) electrons. The van der Waals surface area contributed by atoms with Gasteiger partial charge in [-0.1, -0.05) is 17.9 Å². The number of aliphatic hydroxyl groups is 1. The molecule has 0 atom stereocenters. The first-order chi connectivity index (χ1) is 9.18. The second-order valence-electron chi connectivity index (χ2n) is 4.78. The molecule has 5 nitrogen and oxygen atoms in total. The van der Waals surface area contributed by atoms with Crippen molar-refractivity contribution in [2.24, 2.45) is 0 Å². The summed E-state index contributed by atoms with van der Waals surface area (Å²) in [6, 6.07) is 6.66. The van der Waals surface area contributed by atoms with E-state index in [0.717, 1.165) is 6.26 Å². The lowest BCUT2D eigenvalue weighted by atomic mass is 10.1. The summed E-state index contributed by atoms with van der Waals surface area (Å²) >= 11 is 0. The predicted molar refractivity (Wildman–Crippen MR) is 78.0 cm³/mol. The van der Waals surface area contributed by atoms with Gasteiger partial charge in [0.2, 0.25) is 5.91 Å². The van der Waals surface area contributed by atoms with Gasteiger partial charge in [-0.05, 0) is 32.0 Å². The molecular formula is C14H17NO4S. The molecule has 6 heteroatoms. The number of nitrogens with one attached hydrogen (secondary N) is 1. The Morgan fingerprint density at radius 3 is 2.60 bits per heavy atom. The molecule has 0 aliphatic carbocycles. The standard InChI is InChI=1S/C14H17NO4S/c1-14(2,20(3,18)19)13(17)15-12-8-4-6-11(10-12)7-5-9-16/h4,6,8,10,16H,9H2,1-3H3,(H,15,17). The van der Waals surface area contributed by atoms with Crippen LogP contribution in [0.15, 0.2) is 24.3 Å². The normalized spacial score (nSPS) is 11.4. The van der Waals surface area contributed by atoms with Crippen molar-refractivity contribution in [3.05, 3.63) is 29.8 Å². The minimum atomic E-state index is -3.52. The third-order valence-corrected chi connectivity index (χ3v) is 4.95. The van der Waals surface area contributed by atoms with E-state index in [1.807, 2.05) is 0 Å². The molecule has 0 spiro atoms. The molecule has 0 bridgehead atoms. The number of benzene rings is 1. The second kappa shape index (κ2) is 6.07. The number of carbonyl (C=O) groups excluding carboxylic acids is 1. The Balaban J connectivity index is 2.97. The van der Waals surface area contributed by atoms with Gasteiger partial charge in [-0.3, -0.25) is 4.79 Å². The quantitative estimate of drug-likeness (QED) is 0.808. The van der Waals surface area contributed by atoms with Crippen LogP contribution in [0.2, 0.25) is 0 Å². The lowest BCUT2D eigenvalue weighted by molar-refractivity contribution is -0.117. The number of aliphatic hydroxyl groups excluding tert-OH is 1. The van der Waals surface area contributed by atoms with E-state index in [1.54, 1.807) is 24.3 Å². The van der Waals surface area contributed by atoms with E-state index in [9.17, 15) is 13.2 Å². The van der Waals surface area contributed by atoms with E-state index in [0.29, 0.717) is 11.3 Å². The molecule has 108 valence electrons. The molecule has 0 aliphatic rings. The smallest absolute Gasteiger partial charge is 0.245 e. The van der Waals surface area contributed by atoms with Crippen LogP contribution in [0.4, 0.5) is 5.69 Å². The zero-order valence-corrected chi connectivity index (χ0v) is 12.4. The summed E-state index contributed by atoms with van der Waals surface area (Å²) in [5.74, 6) is 4.60. The summed E-state index contributed by atoms with van der Waals surface area (Å²) in [6.45, 7) is 2.46. The highest BCUT2D eigenvalue weighted by atomic mass is 32.2. The maximum atomic E-state index is 12.0. The SMILES string of the molecule is CC(C)(C(=O)Nc1cccc(C#CCO)c1)S(C)(=O)=O. The van der Waals surface area contributed by atoms with Gasteiger partial charge in [0.25, 0.3) is 0 Å². The van der Waals surface area contributed by atoms with Crippen molar-refractivity contribution in [1.29, 1.82) is 0 Å². The van der Waals surface area contributed by atoms with Crippen molar-refractivity contribution in [1.82, 2.24) is 0 Å². The van der Waals surface area contributed by atoms with Crippen LogP contribution in [-0.2, 0) is 14.6 Å². The highest BCUT2D eigenvalue weighted by Crippen LogP contribution is 2.19. The fourth-order valence-corrected chi connectivity index (χ4v) is 1.65. The van der Waals surface area contributed by atoms with Gasteiger partial charge in [-0.2, -0.15) is 0 Å². The minimum absolute atomic E-state index is 0.252. The van der Waals surface area contributed by atoms with Crippen molar-refractivity contribution >= 4 is 21.4 Å². The maximum Gasteiger partial charge on any atom is 0.245 e. The van der Waals surface area contributed by atoms with Crippen LogP contribution in [0, 0.1) is 11.8 Å². The monoisotopic (exact) mass is 295 g/mol. The van der Waals surface area contributed by atoms with Crippen LogP contribution in [0.3, 0.4) is 0 Å². The van der Waals surface area contributed by atoms with Crippen molar-refractivity contribution in [2.75, 3.05) is 18.2 Å². The zero-order valence-electron chi connectivity index (χ0n) is 11.6. The Bertz CT molecular complexity index is 666. The van der Waals surface area contributed by atoms with E-state index in [4.69, 9.17) is 5.11 Å². The molecular weight excluding hydrogens is 278 g/mol. The Hall–Kier alpha value is -1.84. The Morgan fingerprint density at radius 2 is 2.05 bits per heavy atom. The Labute approximate surface area is 118 Å². The predicted octanol–water partition coefficient (Wildman–Crippen LogP) is 0.792. The van der Waals surface area contributed by atoms with E-state index >= 15 is 0 Å². The third-order valence-electron chi connectivity index (χ3n) is 2.91. The summed E-state index contributed by atoms with van der Waals surface area (Å²) in [5.41, 5.74) is 1.07. The molecule has 1 amide bonds. The molecule has 1 rings (SSSR count). The van der Waals surface area contributed by atoms with Crippen LogP contribution >= 0.6 is 0 Å².